The number of nitrogens with zero attached hydrogens (tertiary/aromatic N) is 4. The van der Waals surface area contributed by atoms with Crippen molar-refractivity contribution in [2.24, 2.45) is 0 Å². The van der Waals surface area contributed by atoms with Gasteiger partial charge in [0.1, 0.15) is 37.6 Å². The fourth-order valence-corrected chi connectivity index (χ4v) is 2.29. The van der Waals surface area contributed by atoms with Crippen LogP contribution in [0.2, 0.25) is 0 Å². The second-order valence-corrected chi connectivity index (χ2v) is 9.90. The van der Waals surface area contributed by atoms with Gasteiger partial charge in [-0.1, -0.05) is 52.6 Å². The van der Waals surface area contributed by atoms with Crippen molar-refractivity contribution in [3.05, 3.63) is 120 Å². The van der Waals surface area contributed by atoms with Gasteiger partial charge in [-0.3, -0.25) is 9.59 Å². The van der Waals surface area contributed by atoms with Crippen molar-refractivity contribution in [2.45, 2.75) is 27.7 Å². The first-order chi connectivity index (χ1) is 28.1. The van der Waals surface area contributed by atoms with Crippen molar-refractivity contribution in [1.82, 2.24) is 0 Å². The van der Waals surface area contributed by atoms with E-state index >= 15 is 0 Å². The molecule has 0 fully saturated rings. The van der Waals surface area contributed by atoms with Crippen LogP contribution in [0.3, 0.4) is 0 Å². The minimum atomic E-state index is -0.959. The average molecular weight is 837 g/mol. The lowest BCUT2D eigenvalue weighted by Gasteiger charge is -2.08. The number of rotatable bonds is 20. The summed E-state index contributed by atoms with van der Waals surface area (Å²) in [5.41, 5.74) is -1.28. The van der Waals surface area contributed by atoms with Crippen LogP contribution in [0.15, 0.2) is 97.5 Å². The van der Waals surface area contributed by atoms with Crippen LogP contribution in [-0.4, -0.2) is 101 Å². The summed E-state index contributed by atoms with van der Waals surface area (Å²) < 4.78 is 36.6. The molecule has 320 valence electrons. The molecular weight excluding hydrogens is 792 g/mol. The Morgan fingerprint density at radius 2 is 0.650 bits per heavy atom. The molecule has 0 aliphatic rings. The Morgan fingerprint density at radius 3 is 0.917 bits per heavy atom. The van der Waals surface area contributed by atoms with Crippen LogP contribution in [0.5, 0.6) is 0 Å². The quantitative estimate of drug-likeness (QED) is 0.0322. The Bertz CT molecular complexity index is 1900. The average Bonchev–Trinajstić information content (AvgIpc) is 3.24. The Balaban J connectivity index is -0.000000352. The summed E-state index contributed by atoms with van der Waals surface area (Å²) in [4.78, 5) is 93.9. The zero-order valence-corrected chi connectivity index (χ0v) is 33.6. The smallest absolute Gasteiger partial charge is 0.345 e. The summed E-state index contributed by atoms with van der Waals surface area (Å²) in [5, 5.41) is 16.5. The van der Waals surface area contributed by atoms with Crippen LogP contribution in [0, 0.1) is 35.8 Å². The number of nitriles is 2. The van der Waals surface area contributed by atoms with Crippen molar-refractivity contribution >= 4 is 47.8 Å². The summed E-state index contributed by atoms with van der Waals surface area (Å²) in [7, 11) is 0. The molecule has 0 N–H and O–H groups in total. The number of hydrogen-bond donors (Lipinski definition) is 0. The van der Waals surface area contributed by atoms with Crippen LogP contribution in [0.4, 0.5) is 0 Å². The fourth-order valence-electron chi connectivity index (χ4n) is 2.29. The van der Waals surface area contributed by atoms with Crippen molar-refractivity contribution in [2.75, 3.05) is 52.9 Å². The van der Waals surface area contributed by atoms with Gasteiger partial charge in [0.05, 0.1) is 74.0 Å². The first kappa shape index (κ1) is 58.3. The Labute approximate surface area is 347 Å². The van der Waals surface area contributed by atoms with Crippen molar-refractivity contribution < 1.29 is 76.3 Å². The zero-order chi connectivity index (χ0) is 47.4. The van der Waals surface area contributed by atoms with Crippen LogP contribution in [0.1, 0.15) is 27.7 Å². The van der Waals surface area contributed by atoms with Crippen LogP contribution in [-0.2, 0) is 76.3 Å². The molecule has 0 aromatic carbocycles. The molecule has 0 bridgehead atoms. The van der Waals surface area contributed by atoms with Gasteiger partial charge in [0.25, 0.3) is 11.4 Å². The van der Waals surface area contributed by atoms with Crippen LogP contribution >= 0.6 is 0 Å². The lowest BCUT2D eigenvalue weighted by atomic mass is 10.3. The Morgan fingerprint density at radius 1 is 0.417 bits per heavy atom. The Hall–Kier alpha value is -8.36. The number of carbonyl (C=O) groups excluding carboxylic acids is 8. The highest BCUT2D eigenvalue weighted by Crippen LogP contribution is 2.04. The molecule has 0 amide bonds. The highest BCUT2D eigenvalue weighted by atomic mass is 16.6. The van der Waals surface area contributed by atoms with E-state index in [1.54, 1.807) is 39.8 Å². The Kier molecular flexibility index (Phi) is 34.1. The maximum atomic E-state index is 11.3. The molecule has 20 nitrogen and oxygen atoms in total. The highest BCUT2D eigenvalue weighted by Gasteiger charge is 2.20. The third-order valence-electron chi connectivity index (χ3n) is 5.23. The van der Waals surface area contributed by atoms with Gasteiger partial charge in [-0.2, -0.15) is 10.5 Å². The number of esters is 8. The molecular formula is C40H44N4O16. The first-order valence-electron chi connectivity index (χ1n) is 16.5. The largest absolute Gasteiger partial charge is 0.465 e. The molecule has 0 unspecified atom stereocenters. The minimum Gasteiger partial charge on any atom is -0.465 e. The standard InChI is InChI=1S/C12H16O6.2C10H11NO4.C8H6N2O2/c1-5-16-10(13)8(3)7-18-12(15)9(4)11(14)17-6-2;1-5-14-9(12)7(2)6-15-10(13)8(3)11-4;1-4-14-9(12)8(3)10(13)15-6-7(2)5-11;1-6(4-9)5-12-8(11)7(2)10-3/h3-7H2,1-2H3;2-3,5-6H2,1H3;2-4,6H2,1H3;1-2,5H2. The normalized spacial score (nSPS) is 8.53. The van der Waals surface area contributed by atoms with E-state index in [-0.39, 0.29) is 86.5 Å². The van der Waals surface area contributed by atoms with Gasteiger partial charge in [0.15, 0.2) is 0 Å². The van der Waals surface area contributed by atoms with E-state index in [4.69, 9.17) is 23.7 Å². The third kappa shape index (κ3) is 29.0. The lowest BCUT2D eigenvalue weighted by Crippen LogP contribution is -2.20. The predicted octanol–water partition coefficient (Wildman–Crippen LogP) is 3.62. The molecule has 0 atom stereocenters. The molecule has 20 heteroatoms. The third-order valence-corrected chi connectivity index (χ3v) is 5.23. The highest BCUT2D eigenvalue weighted by molar-refractivity contribution is 6.14. The maximum Gasteiger partial charge on any atom is 0.345 e. The van der Waals surface area contributed by atoms with Gasteiger partial charge < -0.3 is 37.9 Å². The fraction of sp³-hybridized carbons (Fsp3) is 0.300. The van der Waals surface area contributed by atoms with Crippen molar-refractivity contribution in [3.8, 4) is 12.1 Å². The second kappa shape index (κ2) is 35.1. The molecule has 0 spiro atoms. The van der Waals surface area contributed by atoms with Crippen LogP contribution in [0.25, 0.3) is 9.69 Å². The van der Waals surface area contributed by atoms with E-state index < -0.39 is 58.9 Å². The molecule has 0 aromatic rings. The number of carbonyl (C=O) groups is 8. The molecule has 0 heterocycles. The van der Waals surface area contributed by atoms with Crippen LogP contribution < -0.4 is 0 Å². The molecule has 0 saturated carbocycles. The SMILES string of the molecule is C=C(C#N)COC(=O)C(=C)C(=O)OCC.C=C(COC(=O)C(=C)C(=O)OCC)C(=O)OCC.[C-]#[N+]C(=C)C(=O)OCC(=C)C#N.[C-]#[N+]C(=C)C(=O)OCC(=C)C(=O)OCC. The summed E-state index contributed by atoms with van der Waals surface area (Å²) in [6.45, 7) is 45.1. The lowest BCUT2D eigenvalue weighted by molar-refractivity contribution is -0.148. The van der Waals surface area contributed by atoms with Gasteiger partial charge >= 0.3 is 47.8 Å². The molecule has 0 aliphatic heterocycles. The van der Waals surface area contributed by atoms with Crippen molar-refractivity contribution in [1.29, 1.82) is 10.5 Å². The van der Waals surface area contributed by atoms with E-state index in [0.29, 0.717) is 0 Å². The topological polar surface area (TPSA) is 267 Å². The van der Waals surface area contributed by atoms with E-state index in [2.05, 4.69) is 100 Å². The van der Waals surface area contributed by atoms with E-state index in [9.17, 15) is 38.4 Å². The molecule has 0 saturated heterocycles. The predicted molar refractivity (Wildman–Crippen MR) is 208 cm³/mol. The number of ether oxygens (including phenoxy) is 8. The molecule has 0 rings (SSSR count). The summed E-state index contributed by atoms with van der Waals surface area (Å²) >= 11 is 0. The van der Waals surface area contributed by atoms with E-state index in [1.807, 2.05) is 0 Å². The first-order valence-corrected chi connectivity index (χ1v) is 16.5. The summed E-state index contributed by atoms with van der Waals surface area (Å²) in [6.07, 6.45) is 0. The summed E-state index contributed by atoms with van der Waals surface area (Å²) in [5.74, 6) is -6.53. The van der Waals surface area contributed by atoms with Gasteiger partial charge in [-0.15, -0.1) is 0 Å². The number of hydrogen-bond acceptors (Lipinski definition) is 18. The molecule has 60 heavy (non-hydrogen) atoms. The molecule has 0 aliphatic carbocycles. The minimum absolute atomic E-state index is 0.0166. The van der Waals surface area contributed by atoms with E-state index in [0.717, 1.165) is 0 Å². The summed E-state index contributed by atoms with van der Waals surface area (Å²) in [6, 6.07) is 3.39. The molecule has 0 radical (unpaired) electrons. The second-order valence-electron chi connectivity index (χ2n) is 9.90. The van der Waals surface area contributed by atoms with Gasteiger partial charge in [0, 0.05) is 0 Å². The van der Waals surface area contributed by atoms with Crippen molar-refractivity contribution in [3.63, 3.8) is 0 Å². The maximum absolute atomic E-state index is 11.3. The zero-order valence-electron chi connectivity index (χ0n) is 33.6. The van der Waals surface area contributed by atoms with Gasteiger partial charge in [0.2, 0.25) is 0 Å². The molecule has 0 aromatic heterocycles. The van der Waals surface area contributed by atoms with E-state index in [1.165, 1.54) is 0 Å². The monoisotopic (exact) mass is 836 g/mol. The van der Waals surface area contributed by atoms with Gasteiger partial charge in [-0.05, 0) is 27.7 Å². The van der Waals surface area contributed by atoms with Gasteiger partial charge in [-0.25, -0.2) is 38.5 Å².